The zero-order valence-electron chi connectivity index (χ0n) is 17.5. The van der Waals surface area contributed by atoms with Gasteiger partial charge in [-0.3, -0.25) is 4.90 Å². The van der Waals surface area contributed by atoms with Crippen LogP contribution in [0.2, 0.25) is 0 Å². The first kappa shape index (κ1) is 20.3. The summed E-state index contributed by atoms with van der Waals surface area (Å²) < 4.78 is 18.1. The molecule has 2 saturated heterocycles. The molecule has 0 amide bonds. The number of piperidine rings is 1. The third-order valence-corrected chi connectivity index (χ3v) is 6.19. The number of hydrogen-bond donors (Lipinski definition) is 0. The fourth-order valence-electron chi connectivity index (χ4n) is 4.70. The van der Waals surface area contributed by atoms with E-state index in [4.69, 9.17) is 14.2 Å². The molecule has 1 aromatic carbocycles. The van der Waals surface area contributed by atoms with Gasteiger partial charge in [-0.25, -0.2) is 4.98 Å². The van der Waals surface area contributed by atoms with E-state index >= 15 is 0 Å². The van der Waals surface area contributed by atoms with Crippen molar-refractivity contribution in [1.82, 2.24) is 9.88 Å². The Hall–Kier alpha value is -1.95. The minimum absolute atomic E-state index is 0.0864. The quantitative estimate of drug-likeness (QED) is 0.725. The summed E-state index contributed by atoms with van der Waals surface area (Å²) in [6.45, 7) is 5.72. The van der Waals surface area contributed by atoms with Crippen LogP contribution in [0.1, 0.15) is 50.0 Å². The predicted molar refractivity (Wildman–Crippen MR) is 113 cm³/mol. The van der Waals surface area contributed by atoms with Gasteiger partial charge in [0.15, 0.2) is 0 Å². The van der Waals surface area contributed by atoms with Gasteiger partial charge in [0, 0.05) is 45.1 Å². The lowest BCUT2D eigenvalue weighted by Gasteiger charge is -2.48. The van der Waals surface area contributed by atoms with Gasteiger partial charge in [0.1, 0.15) is 0 Å². The largest absolute Gasteiger partial charge is 0.481 e. The molecule has 0 aliphatic carbocycles. The maximum Gasteiger partial charge on any atom is 0.213 e. The van der Waals surface area contributed by atoms with Crippen molar-refractivity contribution >= 4 is 0 Å². The lowest BCUT2D eigenvalue weighted by molar-refractivity contribution is -0.193. The molecule has 2 aromatic rings. The van der Waals surface area contributed by atoms with Gasteiger partial charge in [-0.15, -0.1) is 0 Å². The summed E-state index contributed by atoms with van der Waals surface area (Å²) in [6, 6.07) is 16.6. The van der Waals surface area contributed by atoms with Crippen LogP contribution in [0.4, 0.5) is 0 Å². The molecule has 0 N–H and O–H groups in total. The van der Waals surface area contributed by atoms with Gasteiger partial charge in [-0.1, -0.05) is 36.4 Å². The van der Waals surface area contributed by atoms with Crippen LogP contribution in [0, 0.1) is 0 Å². The molecule has 2 aliphatic rings. The average Bonchev–Trinajstić information content (AvgIpc) is 2.76. The molecule has 2 aliphatic heterocycles. The summed E-state index contributed by atoms with van der Waals surface area (Å²) in [5.41, 5.74) is 2.23. The topological polar surface area (TPSA) is 43.8 Å². The van der Waals surface area contributed by atoms with Crippen LogP contribution in [-0.4, -0.2) is 48.4 Å². The predicted octanol–water partition coefficient (Wildman–Crippen LogP) is 4.38. The maximum absolute atomic E-state index is 6.77. The molecule has 2 fully saturated rings. The highest BCUT2D eigenvalue weighted by Crippen LogP contribution is 2.44. The summed E-state index contributed by atoms with van der Waals surface area (Å²) in [4.78, 5) is 7.03. The molecule has 1 aromatic heterocycles. The minimum Gasteiger partial charge on any atom is -0.481 e. The van der Waals surface area contributed by atoms with E-state index in [-0.39, 0.29) is 17.8 Å². The molecule has 156 valence electrons. The van der Waals surface area contributed by atoms with Crippen LogP contribution in [0.5, 0.6) is 5.88 Å². The van der Waals surface area contributed by atoms with Crippen molar-refractivity contribution in [3.05, 3.63) is 59.8 Å². The van der Waals surface area contributed by atoms with Crippen LogP contribution < -0.4 is 4.74 Å². The lowest BCUT2D eigenvalue weighted by atomic mass is 9.80. The van der Waals surface area contributed by atoms with Crippen molar-refractivity contribution < 1.29 is 14.2 Å². The highest BCUT2D eigenvalue weighted by Gasteiger charge is 2.44. The Kier molecular flexibility index (Phi) is 6.48. The Bertz CT molecular complexity index is 775. The second kappa shape index (κ2) is 9.24. The van der Waals surface area contributed by atoms with Gasteiger partial charge >= 0.3 is 0 Å². The summed E-state index contributed by atoms with van der Waals surface area (Å²) in [5.74, 6) is 0.678. The summed E-state index contributed by atoms with van der Waals surface area (Å²) in [7, 11) is 1.66. The van der Waals surface area contributed by atoms with Crippen LogP contribution >= 0.6 is 0 Å². The molecule has 1 spiro atoms. The van der Waals surface area contributed by atoms with Crippen molar-refractivity contribution in [2.24, 2.45) is 0 Å². The number of nitrogens with zero attached hydrogens (tertiary/aromatic N) is 2. The number of likely N-dealkylation sites (tertiary alicyclic amines) is 1. The SMILES string of the molecule is CCO[C@@H]1C[C@H](c2ccccc2)OC2(CCN(Cc3cccc(OC)n3)CC2)C1. The fraction of sp³-hybridized carbons (Fsp3) is 0.542. The summed E-state index contributed by atoms with van der Waals surface area (Å²) in [5, 5.41) is 0. The third kappa shape index (κ3) is 4.97. The molecule has 0 saturated carbocycles. The summed E-state index contributed by atoms with van der Waals surface area (Å²) >= 11 is 0. The van der Waals surface area contributed by atoms with Crippen LogP contribution in [-0.2, 0) is 16.0 Å². The zero-order valence-corrected chi connectivity index (χ0v) is 17.5. The molecule has 29 heavy (non-hydrogen) atoms. The Morgan fingerprint density at radius 3 is 2.62 bits per heavy atom. The van der Waals surface area contributed by atoms with E-state index in [0.29, 0.717) is 5.88 Å². The average molecular weight is 397 g/mol. The van der Waals surface area contributed by atoms with Gasteiger partial charge in [0.05, 0.1) is 30.6 Å². The van der Waals surface area contributed by atoms with E-state index in [0.717, 1.165) is 57.6 Å². The van der Waals surface area contributed by atoms with Crippen molar-refractivity contribution in [3.8, 4) is 5.88 Å². The molecular formula is C24H32N2O3. The second-order valence-corrected chi connectivity index (χ2v) is 8.16. The smallest absolute Gasteiger partial charge is 0.213 e. The number of rotatable bonds is 6. The molecule has 2 atom stereocenters. The van der Waals surface area contributed by atoms with Crippen molar-refractivity contribution in [2.45, 2.75) is 57.0 Å². The van der Waals surface area contributed by atoms with Gasteiger partial charge < -0.3 is 14.2 Å². The van der Waals surface area contributed by atoms with E-state index in [2.05, 4.69) is 53.2 Å². The molecule has 4 rings (SSSR count). The van der Waals surface area contributed by atoms with Crippen LogP contribution in [0.25, 0.3) is 0 Å². The fourth-order valence-corrected chi connectivity index (χ4v) is 4.70. The number of aromatic nitrogens is 1. The number of ether oxygens (including phenoxy) is 3. The Morgan fingerprint density at radius 1 is 1.10 bits per heavy atom. The van der Waals surface area contributed by atoms with Gasteiger partial charge in [0.25, 0.3) is 0 Å². The molecule has 0 radical (unpaired) electrons. The molecule has 5 nitrogen and oxygen atoms in total. The van der Waals surface area contributed by atoms with Crippen molar-refractivity contribution in [2.75, 3.05) is 26.8 Å². The normalized spacial score (nSPS) is 24.5. The van der Waals surface area contributed by atoms with Crippen molar-refractivity contribution in [3.63, 3.8) is 0 Å². The molecule has 5 heteroatoms. The van der Waals surface area contributed by atoms with E-state index in [1.807, 2.05) is 12.1 Å². The van der Waals surface area contributed by atoms with Crippen LogP contribution in [0.3, 0.4) is 0 Å². The Labute approximate surface area is 174 Å². The standard InChI is InChI=1S/C24H32N2O3/c1-3-28-21-16-22(19-8-5-4-6-9-19)29-24(17-21)12-14-26(15-13-24)18-20-10-7-11-23(25-20)27-2/h4-11,21-22H,3,12-18H2,1-2H3/t21-,22-/m1/s1. The van der Waals surface area contributed by atoms with E-state index < -0.39 is 0 Å². The third-order valence-electron chi connectivity index (χ3n) is 6.19. The second-order valence-electron chi connectivity index (χ2n) is 8.16. The highest BCUT2D eigenvalue weighted by atomic mass is 16.5. The van der Waals surface area contributed by atoms with Gasteiger partial charge in [0.2, 0.25) is 5.88 Å². The molecular weight excluding hydrogens is 364 g/mol. The number of benzene rings is 1. The van der Waals surface area contributed by atoms with Gasteiger partial charge in [-0.05, 0) is 31.4 Å². The van der Waals surface area contributed by atoms with E-state index in [1.165, 1.54) is 5.56 Å². The first-order chi connectivity index (χ1) is 14.2. The first-order valence-electron chi connectivity index (χ1n) is 10.8. The zero-order chi connectivity index (χ0) is 20.1. The van der Waals surface area contributed by atoms with Gasteiger partial charge in [-0.2, -0.15) is 0 Å². The van der Waals surface area contributed by atoms with Crippen LogP contribution in [0.15, 0.2) is 48.5 Å². The highest BCUT2D eigenvalue weighted by molar-refractivity contribution is 5.19. The van der Waals surface area contributed by atoms with E-state index in [9.17, 15) is 0 Å². The molecule has 3 heterocycles. The minimum atomic E-state index is -0.0864. The lowest BCUT2D eigenvalue weighted by Crippen LogP contribution is -2.51. The Balaban J connectivity index is 1.42. The van der Waals surface area contributed by atoms with Crippen molar-refractivity contribution in [1.29, 1.82) is 0 Å². The first-order valence-corrected chi connectivity index (χ1v) is 10.8. The summed E-state index contributed by atoms with van der Waals surface area (Å²) in [6.07, 6.45) is 4.39. The molecule has 0 bridgehead atoms. The number of pyridine rings is 1. The molecule has 0 unspecified atom stereocenters. The Morgan fingerprint density at radius 2 is 1.90 bits per heavy atom. The maximum atomic E-state index is 6.77. The van der Waals surface area contributed by atoms with E-state index in [1.54, 1.807) is 7.11 Å². The number of hydrogen-bond acceptors (Lipinski definition) is 5. The number of methoxy groups -OCH3 is 1. The monoisotopic (exact) mass is 396 g/mol.